The fourth-order valence-corrected chi connectivity index (χ4v) is 2.43. The van der Waals surface area contributed by atoms with Gasteiger partial charge in [0.25, 0.3) is 5.91 Å². The summed E-state index contributed by atoms with van der Waals surface area (Å²) in [5, 5.41) is 3.78. The van der Waals surface area contributed by atoms with E-state index in [1.54, 1.807) is 36.4 Å². The van der Waals surface area contributed by atoms with Crippen molar-refractivity contribution in [2.75, 3.05) is 13.2 Å². The average molecular weight is 288 g/mol. The van der Waals surface area contributed by atoms with E-state index >= 15 is 0 Å². The van der Waals surface area contributed by atoms with Crippen LogP contribution in [0, 0.1) is 6.92 Å². The maximum atomic E-state index is 12.3. The molecule has 1 saturated heterocycles. The Hall–Kier alpha value is -2.44. The lowest BCUT2D eigenvalue weighted by Crippen LogP contribution is -2.34. The summed E-state index contributed by atoms with van der Waals surface area (Å²) in [6, 6.07) is 3.39. The zero-order chi connectivity index (χ0) is 14.7. The summed E-state index contributed by atoms with van der Waals surface area (Å²) in [5.41, 5.74) is 0. The van der Waals surface area contributed by atoms with Crippen molar-refractivity contribution in [2.45, 2.75) is 25.8 Å². The number of hydrogen-bond donors (Lipinski definition) is 0. The summed E-state index contributed by atoms with van der Waals surface area (Å²) in [6.45, 7) is 2.43. The van der Waals surface area contributed by atoms with Crippen molar-refractivity contribution in [2.24, 2.45) is 0 Å². The molecule has 0 radical (unpaired) electrons. The molecule has 1 atom stereocenters. The number of hydrogen-bond acceptors (Lipinski definition) is 6. The number of carbonyl (C=O) groups is 1. The molecule has 0 saturated carbocycles. The molecule has 0 bridgehead atoms. The van der Waals surface area contributed by atoms with Gasteiger partial charge >= 0.3 is 0 Å². The van der Waals surface area contributed by atoms with E-state index in [-0.39, 0.29) is 18.6 Å². The van der Waals surface area contributed by atoms with Crippen LogP contribution >= 0.6 is 0 Å². The van der Waals surface area contributed by atoms with Gasteiger partial charge in [0, 0.05) is 12.7 Å². The fraction of sp³-hybridized carbons (Fsp3) is 0.429. The van der Waals surface area contributed by atoms with Gasteiger partial charge in [0.2, 0.25) is 5.89 Å². The predicted octanol–water partition coefficient (Wildman–Crippen LogP) is 1.52. The maximum Gasteiger partial charge on any atom is 0.261 e. The number of likely N-dealkylation sites (tertiary alicyclic amines) is 1. The smallest absolute Gasteiger partial charge is 0.261 e. The van der Waals surface area contributed by atoms with Crippen LogP contribution < -0.4 is 4.74 Å². The Balaban J connectivity index is 1.63. The number of aromatic nitrogens is 3. The highest BCUT2D eigenvalue weighted by Gasteiger charge is 2.33. The number of aryl methyl sites for hydroxylation is 1. The molecule has 7 heteroatoms. The second kappa shape index (κ2) is 5.90. The average Bonchev–Trinajstić information content (AvgIpc) is 3.14. The van der Waals surface area contributed by atoms with Crippen LogP contribution in [-0.4, -0.2) is 39.1 Å². The number of pyridine rings is 1. The molecule has 0 spiro atoms. The monoisotopic (exact) mass is 288 g/mol. The highest BCUT2D eigenvalue weighted by atomic mass is 16.5. The Bertz CT molecular complexity index is 614. The predicted molar refractivity (Wildman–Crippen MR) is 72.5 cm³/mol. The summed E-state index contributed by atoms with van der Waals surface area (Å²) in [7, 11) is 0. The molecule has 2 aromatic heterocycles. The Morgan fingerprint density at radius 3 is 3.19 bits per heavy atom. The van der Waals surface area contributed by atoms with Gasteiger partial charge in [0.1, 0.15) is 11.8 Å². The first-order valence-electron chi connectivity index (χ1n) is 6.86. The van der Waals surface area contributed by atoms with Gasteiger partial charge in [-0.2, -0.15) is 4.98 Å². The van der Waals surface area contributed by atoms with Crippen molar-refractivity contribution < 1.29 is 14.1 Å². The molecule has 110 valence electrons. The zero-order valence-corrected chi connectivity index (χ0v) is 11.7. The largest absolute Gasteiger partial charge is 0.482 e. The number of ether oxygens (including phenoxy) is 1. The summed E-state index contributed by atoms with van der Waals surface area (Å²) in [6.07, 6.45) is 4.99. The Labute approximate surface area is 121 Å². The summed E-state index contributed by atoms with van der Waals surface area (Å²) in [5.74, 6) is 1.57. The van der Waals surface area contributed by atoms with E-state index < -0.39 is 0 Å². The van der Waals surface area contributed by atoms with Gasteiger partial charge in [-0.3, -0.25) is 9.78 Å². The molecule has 1 amide bonds. The molecule has 0 aromatic carbocycles. The molecule has 0 N–H and O–H groups in total. The quantitative estimate of drug-likeness (QED) is 0.848. The molecular formula is C14H16N4O3. The van der Waals surface area contributed by atoms with E-state index in [0.717, 1.165) is 12.8 Å². The first-order chi connectivity index (χ1) is 10.2. The van der Waals surface area contributed by atoms with Gasteiger partial charge in [-0.05, 0) is 31.9 Å². The first-order valence-corrected chi connectivity index (χ1v) is 6.86. The van der Waals surface area contributed by atoms with Gasteiger partial charge in [-0.15, -0.1) is 0 Å². The number of carbonyl (C=O) groups excluding carboxylic acids is 1. The minimum absolute atomic E-state index is 0.0185. The summed E-state index contributed by atoms with van der Waals surface area (Å²) < 4.78 is 10.6. The van der Waals surface area contributed by atoms with E-state index in [1.165, 1.54) is 0 Å². The van der Waals surface area contributed by atoms with Crippen LogP contribution in [0.15, 0.2) is 29.0 Å². The summed E-state index contributed by atoms with van der Waals surface area (Å²) >= 11 is 0. The van der Waals surface area contributed by atoms with Crippen LogP contribution in [-0.2, 0) is 4.79 Å². The van der Waals surface area contributed by atoms with Crippen molar-refractivity contribution in [3.63, 3.8) is 0 Å². The van der Waals surface area contributed by atoms with Gasteiger partial charge in [-0.25, -0.2) is 0 Å². The van der Waals surface area contributed by atoms with Crippen molar-refractivity contribution in [3.8, 4) is 5.75 Å². The molecule has 7 nitrogen and oxygen atoms in total. The van der Waals surface area contributed by atoms with Gasteiger partial charge in [-0.1, -0.05) is 5.16 Å². The lowest BCUT2D eigenvalue weighted by atomic mass is 10.2. The van der Waals surface area contributed by atoms with Crippen molar-refractivity contribution in [1.29, 1.82) is 0 Å². The third-order valence-corrected chi connectivity index (χ3v) is 3.40. The number of amides is 1. The standard InChI is InChI=1S/C14H16N4O3/c1-10-16-14(21-17-10)12-5-3-7-18(12)13(19)9-20-11-4-2-6-15-8-11/h2,4,6,8,12H,3,5,7,9H2,1H3. The number of rotatable bonds is 4. The van der Waals surface area contributed by atoms with Crippen LogP contribution in [0.2, 0.25) is 0 Å². The van der Waals surface area contributed by atoms with Crippen molar-refractivity contribution in [1.82, 2.24) is 20.0 Å². The Kier molecular flexibility index (Phi) is 3.81. The highest BCUT2D eigenvalue weighted by molar-refractivity contribution is 5.78. The van der Waals surface area contributed by atoms with E-state index in [1.807, 2.05) is 0 Å². The molecule has 1 aliphatic heterocycles. The van der Waals surface area contributed by atoms with E-state index in [4.69, 9.17) is 9.26 Å². The highest BCUT2D eigenvalue weighted by Crippen LogP contribution is 2.30. The Morgan fingerprint density at radius 2 is 2.48 bits per heavy atom. The van der Waals surface area contributed by atoms with Crippen molar-refractivity contribution in [3.05, 3.63) is 36.2 Å². The minimum Gasteiger partial charge on any atom is -0.482 e. The van der Waals surface area contributed by atoms with Crippen LogP contribution in [0.25, 0.3) is 0 Å². The zero-order valence-electron chi connectivity index (χ0n) is 11.7. The molecule has 1 aliphatic rings. The topological polar surface area (TPSA) is 81.4 Å². The van der Waals surface area contributed by atoms with E-state index in [2.05, 4.69) is 15.1 Å². The van der Waals surface area contributed by atoms with E-state index in [9.17, 15) is 4.79 Å². The van der Waals surface area contributed by atoms with Gasteiger partial charge in [0.15, 0.2) is 12.4 Å². The van der Waals surface area contributed by atoms with Crippen LogP contribution in [0.1, 0.15) is 30.6 Å². The molecule has 2 aromatic rings. The molecule has 1 unspecified atom stereocenters. The van der Waals surface area contributed by atoms with Gasteiger partial charge < -0.3 is 14.2 Å². The lowest BCUT2D eigenvalue weighted by Gasteiger charge is -2.21. The maximum absolute atomic E-state index is 12.3. The minimum atomic E-state index is -0.142. The molecule has 1 fully saturated rings. The first kappa shape index (κ1) is 13.5. The fourth-order valence-electron chi connectivity index (χ4n) is 2.43. The molecule has 3 heterocycles. The summed E-state index contributed by atoms with van der Waals surface area (Å²) in [4.78, 5) is 22.2. The molecule has 0 aliphatic carbocycles. The second-order valence-corrected chi connectivity index (χ2v) is 4.90. The number of nitrogens with zero attached hydrogens (tertiary/aromatic N) is 4. The van der Waals surface area contributed by atoms with E-state index in [0.29, 0.717) is 24.0 Å². The third kappa shape index (κ3) is 3.01. The SMILES string of the molecule is Cc1noc(C2CCCN2C(=O)COc2cccnc2)n1. The van der Waals surface area contributed by atoms with Gasteiger partial charge in [0.05, 0.1) is 6.20 Å². The van der Waals surface area contributed by atoms with Crippen LogP contribution in [0.5, 0.6) is 5.75 Å². The molecular weight excluding hydrogens is 272 g/mol. The van der Waals surface area contributed by atoms with Crippen LogP contribution in [0.4, 0.5) is 0 Å². The molecule has 3 rings (SSSR count). The Morgan fingerprint density at radius 1 is 1.57 bits per heavy atom. The normalized spacial score (nSPS) is 18.0. The third-order valence-electron chi connectivity index (χ3n) is 3.40. The van der Waals surface area contributed by atoms with Crippen molar-refractivity contribution >= 4 is 5.91 Å². The molecule has 21 heavy (non-hydrogen) atoms. The lowest BCUT2D eigenvalue weighted by molar-refractivity contribution is -0.134. The van der Waals surface area contributed by atoms with Crippen LogP contribution in [0.3, 0.4) is 0 Å². The second-order valence-electron chi connectivity index (χ2n) is 4.90.